The first kappa shape index (κ1) is 15.0. The number of carbonyl (C=O) groups excluding carboxylic acids is 1. The van der Waals surface area contributed by atoms with E-state index in [1.54, 1.807) is 4.90 Å². The lowest BCUT2D eigenvalue weighted by Crippen LogP contribution is -2.31. The summed E-state index contributed by atoms with van der Waals surface area (Å²) in [5, 5.41) is 3.94. The Balaban J connectivity index is 2.40. The van der Waals surface area contributed by atoms with Crippen LogP contribution in [0.15, 0.2) is 24.3 Å². The summed E-state index contributed by atoms with van der Waals surface area (Å²) < 4.78 is 0. The van der Waals surface area contributed by atoms with Crippen LogP contribution in [-0.4, -0.2) is 30.4 Å². The standard InChI is InChI=1S/C14H21ClN2O/c1-11(2)16-8-7-14(18)17(3)10-12-5-4-6-13(15)9-12/h4-6,9,11,16H,7-8,10H2,1-3H3. The van der Waals surface area contributed by atoms with Crippen LogP contribution in [-0.2, 0) is 11.3 Å². The molecule has 0 saturated carbocycles. The maximum atomic E-state index is 11.9. The second-order valence-electron chi connectivity index (χ2n) is 4.74. The van der Waals surface area contributed by atoms with Gasteiger partial charge < -0.3 is 10.2 Å². The van der Waals surface area contributed by atoms with Crippen molar-refractivity contribution < 1.29 is 4.79 Å². The molecule has 0 saturated heterocycles. The number of hydrogen-bond donors (Lipinski definition) is 1. The van der Waals surface area contributed by atoms with Crippen LogP contribution >= 0.6 is 11.6 Å². The van der Waals surface area contributed by atoms with Gasteiger partial charge in [0.05, 0.1) is 0 Å². The highest BCUT2D eigenvalue weighted by atomic mass is 35.5. The van der Waals surface area contributed by atoms with Gasteiger partial charge in [-0.2, -0.15) is 0 Å². The molecular formula is C14H21ClN2O. The van der Waals surface area contributed by atoms with E-state index in [-0.39, 0.29) is 5.91 Å². The topological polar surface area (TPSA) is 32.3 Å². The second-order valence-corrected chi connectivity index (χ2v) is 5.17. The molecule has 0 aliphatic carbocycles. The number of benzene rings is 1. The van der Waals surface area contributed by atoms with Gasteiger partial charge in [-0.25, -0.2) is 0 Å². The molecule has 0 fully saturated rings. The molecule has 100 valence electrons. The molecule has 0 aliphatic rings. The summed E-state index contributed by atoms with van der Waals surface area (Å²) >= 11 is 5.91. The van der Waals surface area contributed by atoms with E-state index in [1.165, 1.54) is 0 Å². The predicted octanol–water partition coefficient (Wildman–Crippen LogP) is 2.69. The average molecular weight is 269 g/mol. The molecule has 0 radical (unpaired) electrons. The lowest BCUT2D eigenvalue weighted by atomic mass is 10.2. The van der Waals surface area contributed by atoms with Crippen molar-refractivity contribution in [2.24, 2.45) is 0 Å². The normalized spacial score (nSPS) is 10.7. The zero-order valence-corrected chi connectivity index (χ0v) is 12.0. The molecule has 0 aromatic heterocycles. The van der Waals surface area contributed by atoms with E-state index in [0.29, 0.717) is 24.0 Å². The van der Waals surface area contributed by atoms with Gasteiger partial charge in [0.15, 0.2) is 0 Å². The molecule has 1 aromatic rings. The van der Waals surface area contributed by atoms with Crippen LogP contribution in [0, 0.1) is 0 Å². The third-order valence-electron chi connectivity index (χ3n) is 2.63. The van der Waals surface area contributed by atoms with E-state index < -0.39 is 0 Å². The van der Waals surface area contributed by atoms with Crippen molar-refractivity contribution in [2.45, 2.75) is 32.9 Å². The highest BCUT2D eigenvalue weighted by Crippen LogP contribution is 2.12. The molecule has 4 heteroatoms. The molecule has 1 amide bonds. The fourth-order valence-electron chi connectivity index (χ4n) is 1.66. The molecule has 0 heterocycles. The van der Waals surface area contributed by atoms with Gasteiger partial charge in [-0.3, -0.25) is 4.79 Å². The fraction of sp³-hybridized carbons (Fsp3) is 0.500. The zero-order valence-electron chi connectivity index (χ0n) is 11.2. The van der Waals surface area contributed by atoms with Gasteiger partial charge in [-0.05, 0) is 17.7 Å². The van der Waals surface area contributed by atoms with Crippen molar-refractivity contribution in [3.05, 3.63) is 34.9 Å². The fourth-order valence-corrected chi connectivity index (χ4v) is 1.87. The van der Waals surface area contributed by atoms with Crippen LogP contribution in [0.25, 0.3) is 0 Å². The molecule has 0 bridgehead atoms. The van der Waals surface area contributed by atoms with Crippen molar-refractivity contribution in [3.63, 3.8) is 0 Å². The van der Waals surface area contributed by atoms with Crippen molar-refractivity contribution >= 4 is 17.5 Å². The molecule has 1 N–H and O–H groups in total. The lowest BCUT2D eigenvalue weighted by Gasteiger charge is -2.18. The van der Waals surface area contributed by atoms with Crippen molar-refractivity contribution in [1.29, 1.82) is 0 Å². The number of rotatable bonds is 6. The number of halogens is 1. The first-order valence-corrected chi connectivity index (χ1v) is 6.58. The zero-order chi connectivity index (χ0) is 13.5. The Kier molecular flexibility index (Phi) is 6.16. The van der Waals surface area contributed by atoms with E-state index in [9.17, 15) is 4.79 Å². The molecule has 0 atom stereocenters. The van der Waals surface area contributed by atoms with Crippen LogP contribution in [0.5, 0.6) is 0 Å². The molecule has 0 aliphatic heterocycles. The molecule has 1 rings (SSSR count). The smallest absolute Gasteiger partial charge is 0.223 e. The number of hydrogen-bond acceptors (Lipinski definition) is 2. The Morgan fingerprint density at radius 1 is 1.44 bits per heavy atom. The Morgan fingerprint density at radius 3 is 2.78 bits per heavy atom. The van der Waals surface area contributed by atoms with Crippen LogP contribution < -0.4 is 5.32 Å². The summed E-state index contributed by atoms with van der Waals surface area (Å²) in [6.07, 6.45) is 0.523. The molecule has 0 spiro atoms. The van der Waals surface area contributed by atoms with Crippen LogP contribution in [0.1, 0.15) is 25.8 Å². The Morgan fingerprint density at radius 2 is 2.17 bits per heavy atom. The van der Waals surface area contributed by atoms with Gasteiger partial charge in [-0.1, -0.05) is 37.6 Å². The van der Waals surface area contributed by atoms with Gasteiger partial charge in [-0.15, -0.1) is 0 Å². The highest BCUT2D eigenvalue weighted by Gasteiger charge is 2.09. The quantitative estimate of drug-likeness (QED) is 0.860. The summed E-state index contributed by atoms with van der Waals surface area (Å²) in [4.78, 5) is 13.6. The van der Waals surface area contributed by atoms with E-state index in [1.807, 2.05) is 31.3 Å². The maximum Gasteiger partial charge on any atom is 0.223 e. The lowest BCUT2D eigenvalue weighted by molar-refractivity contribution is -0.130. The molecular weight excluding hydrogens is 248 g/mol. The summed E-state index contributed by atoms with van der Waals surface area (Å²) in [7, 11) is 1.82. The third-order valence-corrected chi connectivity index (χ3v) is 2.86. The number of amides is 1. The van der Waals surface area contributed by atoms with Crippen LogP contribution in [0.3, 0.4) is 0 Å². The van der Waals surface area contributed by atoms with Crippen molar-refractivity contribution in [3.8, 4) is 0 Å². The minimum absolute atomic E-state index is 0.142. The summed E-state index contributed by atoms with van der Waals surface area (Å²) in [5.74, 6) is 0.142. The minimum atomic E-state index is 0.142. The Bertz CT molecular complexity index is 393. The van der Waals surface area contributed by atoms with Gasteiger partial charge in [0.25, 0.3) is 0 Å². The maximum absolute atomic E-state index is 11.9. The van der Waals surface area contributed by atoms with Crippen molar-refractivity contribution in [2.75, 3.05) is 13.6 Å². The number of carbonyl (C=O) groups is 1. The van der Waals surface area contributed by atoms with Crippen LogP contribution in [0.4, 0.5) is 0 Å². The van der Waals surface area contributed by atoms with E-state index in [2.05, 4.69) is 19.2 Å². The molecule has 3 nitrogen and oxygen atoms in total. The first-order valence-electron chi connectivity index (χ1n) is 6.21. The number of nitrogens with zero attached hydrogens (tertiary/aromatic N) is 1. The summed E-state index contributed by atoms with van der Waals surface area (Å²) in [6, 6.07) is 8.01. The summed E-state index contributed by atoms with van der Waals surface area (Å²) in [6.45, 7) is 5.46. The second kappa shape index (κ2) is 7.39. The van der Waals surface area contributed by atoms with Crippen LogP contribution in [0.2, 0.25) is 5.02 Å². The Hall–Kier alpha value is -1.06. The van der Waals surface area contributed by atoms with Gasteiger partial charge in [0, 0.05) is 37.6 Å². The monoisotopic (exact) mass is 268 g/mol. The predicted molar refractivity (Wildman–Crippen MR) is 75.7 cm³/mol. The minimum Gasteiger partial charge on any atom is -0.341 e. The van der Waals surface area contributed by atoms with Crippen molar-refractivity contribution in [1.82, 2.24) is 10.2 Å². The third kappa shape index (κ3) is 5.52. The Labute approximate surface area is 114 Å². The first-order chi connectivity index (χ1) is 8.49. The van der Waals surface area contributed by atoms with Gasteiger partial charge in [0.1, 0.15) is 0 Å². The summed E-state index contributed by atoms with van der Waals surface area (Å²) in [5.41, 5.74) is 1.05. The highest BCUT2D eigenvalue weighted by molar-refractivity contribution is 6.30. The molecule has 1 aromatic carbocycles. The van der Waals surface area contributed by atoms with Gasteiger partial charge >= 0.3 is 0 Å². The average Bonchev–Trinajstić information content (AvgIpc) is 2.28. The molecule has 18 heavy (non-hydrogen) atoms. The van der Waals surface area contributed by atoms with E-state index >= 15 is 0 Å². The van der Waals surface area contributed by atoms with E-state index in [0.717, 1.165) is 12.1 Å². The molecule has 0 unspecified atom stereocenters. The van der Waals surface area contributed by atoms with Gasteiger partial charge in [0.2, 0.25) is 5.91 Å². The van der Waals surface area contributed by atoms with E-state index in [4.69, 9.17) is 11.6 Å². The largest absolute Gasteiger partial charge is 0.341 e. The SMILES string of the molecule is CC(C)NCCC(=O)N(C)Cc1cccc(Cl)c1. The number of nitrogens with one attached hydrogen (secondary N) is 1.